The number of carboxylic acids is 2. The van der Waals surface area contributed by atoms with Crippen LogP contribution in [0.25, 0.3) is 0 Å². The highest BCUT2D eigenvalue weighted by atomic mass is 16.6. The summed E-state index contributed by atoms with van der Waals surface area (Å²) < 4.78 is 9.78. The van der Waals surface area contributed by atoms with Crippen molar-refractivity contribution >= 4 is 23.9 Å². The van der Waals surface area contributed by atoms with Gasteiger partial charge in [-0.1, -0.05) is 36.4 Å². The van der Waals surface area contributed by atoms with Crippen molar-refractivity contribution in [3.05, 3.63) is 71.8 Å². The molecule has 0 saturated carbocycles. The third-order valence-electron chi connectivity index (χ3n) is 2.99. The molecule has 0 spiro atoms. The smallest absolute Gasteiger partial charge is 0.352 e. The average molecular weight is 356 g/mol. The summed E-state index contributed by atoms with van der Waals surface area (Å²) in [4.78, 5) is 47.1. The van der Waals surface area contributed by atoms with Gasteiger partial charge in [0.1, 0.15) is 11.5 Å². The van der Waals surface area contributed by atoms with Crippen LogP contribution in [0.2, 0.25) is 0 Å². The monoisotopic (exact) mass is 356 g/mol. The summed E-state index contributed by atoms with van der Waals surface area (Å²) in [5.41, 5.74) is -2.69. The van der Waals surface area contributed by atoms with Crippen LogP contribution >= 0.6 is 0 Å². The molecule has 8 nitrogen and oxygen atoms in total. The summed E-state index contributed by atoms with van der Waals surface area (Å²) in [6.45, 7) is 0. The minimum atomic E-state index is -1.98. The van der Waals surface area contributed by atoms with Gasteiger partial charge in [0, 0.05) is 0 Å². The summed E-state index contributed by atoms with van der Waals surface area (Å²) in [7, 11) is 0. The number of aliphatic carboxylic acids is 2. The van der Waals surface area contributed by atoms with E-state index in [2.05, 4.69) is 0 Å². The number of carboxylic acid groups (broad SMARTS) is 2. The first-order chi connectivity index (χ1) is 12.4. The molecule has 0 radical (unpaired) electrons. The number of benzene rings is 2. The maximum Gasteiger partial charge on any atom is 0.352 e. The van der Waals surface area contributed by atoms with Gasteiger partial charge in [0.2, 0.25) is 0 Å². The maximum atomic E-state index is 12.3. The highest BCUT2D eigenvalue weighted by Gasteiger charge is 2.34. The van der Waals surface area contributed by atoms with Crippen molar-refractivity contribution in [3.8, 4) is 11.5 Å². The molecule has 0 aliphatic carbocycles. The van der Waals surface area contributed by atoms with Crippen LogP contribution in [0.15, 0.2) is 71.8 Å². The Bertz CT molecular complexity index is 797. The Kier molecular flexibility index (Phi) is 5.83. The van der Waals surface area contributed by atoms with Crippen molar-refractivity contribution in [2.75, 3.05) is 0 Å². The molecule has 2 N–H and O–H groups in total. The van der Waals surface area contributed by atoms with E-state index in [-0.39, 0.29) is 11.5 Å². The van der Waals surface area contributed by atoms with Gasteiger partial charge in [-0.05, 0) is 24.3 Å². The number of carbonyl (C=O) groups excluding carboxylic acids is 2. The van der Waals surface area contributed by atoms with Crippen molar-refractivity contribution < 1.29 is 38.9 Å². The van der Waals surface area contributed by atoms with E-state index in [4.69, 9.17) is 19.7 Å². The number of rotatable bonds is 6. The number of ether oxygens (including phenoxy) is 2. The molecule has 2 aromatic carbocycles. The van der Waals surface area contributed by atoms with Crippen LogP contribution < -0.4 is 9.47 Å². The Balaban J connectivity index is 2.43. The van der Waals surface area contributed by atoms with Gasteiger partial charge >= 0.3 is 23.9 Å². The van der Waals surface area contributed by atoms with Crippen LogP contribution in [0.4, 0.5) is 0 Å². The molecule has 0 aliphatic rings. The summed E-state index contributed by atoms with van der Waals surface area (Å²) in [6.07, 6.45) is 0. The predicted octanol–water partition coefficient (Wildman–Crippen LogP) is 1.66. The lowest BCUT2D eigenvalue weighted by Crippen LogP contribution is -2.29. The normalized spacial score (nSPS) is 9.69. The Labute approximate surface area is 146 Å². The standard InChI is InChI=1S/C18H12O8/c19-15(20)13(16(21)22)14(17(23)25-11-7-3-1-4-8-11)18(24)26-12-9-5-2-6-10-12/h1-10H,(H,19,20)(H,21,22). The molecule has 0 amide bonds. The molecule has 8 heteroatoms. The van der Waals surface area contributed by atoms with Gasteiger partial charge in [-0.15, -0.1) is 0 Å². The molecule has 0 fully saturated rings. The van der Waals surface area contributed by atoms with E-state index >= 15 is 0 Å². The van der Waals surface area contributed by atoms with Gasteiger partial charge in [-0.2, -0.15) is 0 Å². The zero-order chi connectivity index (χ0) is 19.1. The van der Waals surface area contributed by atoms with Crippen LogP contribution in [-0.4, -0.2) is 34.1 Å². The molecular weight excluding hydrogens is 344 g/mol. The molecule has 0 bridgehead atoms. The molecular formula is C18H12O8. The summed E-state index contributed by atoms with van der Waals surface area (Å²) in [6, 6.07) is 14.9. The van der Waals surface area contributed by atoms with E-state index in [1.54, 1.807) is 12.1 Å². The lowest BCUT2D eigenvalue weighted by Gasteiger charge is -2.10. The van der Waals surface area contributed by atoms with Gasteiger partial charge in [-0.3, -0.25) is 0 Å². The number of esters is 2. The molecule has 0 heterocycles. The van der Waals surface area contributed by atoms with Crippen LogP contribution in [0.5, 0.6) is 11.5 Å². The lowest BCUT2D eigenvalue weighted by molar-refractivity contribution is -0.144. The minimum absolute atomic E-state index is 0.00219. The molecule has 0 aliphatic heterocycles. The molecule has 0 saturated heterocycles. The molecule has 0 aromatic heterocycles. The molecule has 2 rings (SSSR count). The van der Waals surface area contributed by atoms with Crippen molar-refractivity contribution in [2.45, 2.75) is 0 Å². The number of para-hydroxylation sites is 2. The fourth-order valence-corrected chi connectivity index (χ4v) is 1.89. The van der Waals surface area contributed by atoms with Crippen molar-refractivity contribution in [1.82, 2.24) is 0 Å². The van der Waals surface area contributed by atoms with E-state index < -0.39 is 35.0 Å². The summed E-state index contributed by atoms with van der Waals surface area (Å²) >= 11 is 0. The van der Waals surface area contributed by atoms with E-state index in [9.17, 15) is 19.2 Å². The summed E-state index contributed by atoms with van der Waals surface area (Å²) in [5.74, 6) is -6.89. The number of hydrogen-bond acceptors (Lipinski definition) is 6. The first-order valence-corrected chi connectivity index (χ1v) is 7.15. The van der Waals surface area contributed by atoms with E-state index in [1.807, 2.05) is 0 Å². The van der Waals surface area contributed by atoms with Gasteiger partial charge in [0.15, 0.2) is 11.1 Å². The quantitative estimate of drug-likeness (QED) is 0.263. The fourth-order valence-electron chi connectivity index (χ4n) is 1.89. The number of hydrogen-bond donors (Lipinski definition) is 2. The SMILES string of the molecule is O=C(O)C(C(=O)O)=C(C(=O)Oc1ccccc1)C(=O)Oc1ccccc1. The van der Waals surface area contributed by atoms with E-state index in [0.717, 1.165) is 0 Å². The van der Waals surface area contributed by atoms with E-state index in [1.165, 1.54) is 48.5 Å². The third kappa shape index (κ3) is 4.54. The van der Waals surface area contributed by atoms with Crippen molar-refractivity contribution in [3.63, 3.8) is 0 Å². The second kappa shape index (κ2) is 8.25. The molecule has 132 valence electrons. The predicted molar refractivity (Wildman–Crippen MR) is 86.5 cm³/mol. The van der Waals surface area contributed by atoms with Gasteiger partial charge in [-0.25, -0.2) is 19.2 Å². The van der Waals surface area contributed by atoms with Crippen LogP contribution in [0, 0.1) is 0 Å². The number of carbonyl (C=O) groups is 4. The van der Waals surface area contributed by atoms with Crippen molar-refractivity contribution in [2.24, 2.45) is 0 Å². The zero-order valence-electron chi connectivity index (χ0n) is 13.1. The Morgan fingerprint density at radius 3 is 1.23 bits per heavy atom. The largest absolute Gasteiger partial charge is 0.477 e. The fraction of sp³-hybridized carbons (Fsp3) is 0. The van der Waals surface area contributed by atoms with Gasteiger partial charge in [0.25, 0.3) is 0 Å². The van der Waals surface area contributed by atoms with Crippen LogP contribution in [0.3, 0.4) is 0 Å². The second-order valence-electron chi connectivity index (χ2n) is 4.77. The maximum absolute atomic E-state index is 12.3. The Morgan fingerprint density at radius 2 is 0.923 bits per heavy atom. The molecule has 26 heavy (non-hydrogen) atoms. The highest BCUT2D eigenvalue weighted by molar-refractivity contribution is 6.27. The molecule has 0 unspecified atom stereocenters. The van der Waals surface area contributed by atoms with Crippen molar-refractivity contribution in [1.29, 1.82) is 0 Å². The Morgan fingerprint density at radius 1 is 0.577 bits per heavy atom. The topological polar surface area (TPSA) is 127 Å². The first-order valence-electron chi connectivity index (χ1n) is 7.15. The Hall–Kier alpha value is -3.94. The highest BCUT2D eigenvalue weighted by Crippen LogP contribution is 2.17. The zero-order valence-corrected chi connectivity index (χ0v) is 13.1. The van der Waals surface area contributed by atoms with Gasteiger partial charge in [0.05, 0.1) is 0 Å². The second-order valence-corrected chi connectivity index (χ2v) is 4.77. The average Bonchev–Trinajstić information content (AvgIpc) is 2.60. The third-order valence-corrected chi connectivity index (χ3v) is 2.99. The summed E-state index contributed by atoms with van der Waals surface area (Å²) in [5, 5.41) is 18.2. The lowest BCUT2D eigenvalue weighted by atomic mass is 10.1. The van der Waals surface area contributed by atoms with Crippen LogP contribution in [0.1, 0.15) is 0 Å². The molecule has 2 aromatic rings. The minimum Gasteiger partial charge on any atom is -0.477 e. The van der Waals surface area contributed by atoms with Crippen LogP contribution in [-0.2, 0) is 19.2 Å². The van der Waals surface area contributed by atoms with Gasteiger partial charge < -0.3 is 19.7 Å². The molecule has 0 atom stereocenters. The first kappa shape index (κ1) is 18.4. The van der Waals surface area contributed by atoms with E-state index in [0.29, 0.717) is 0 Å².